The Balaban J connectivity index is 1.09. The molecule has 0 fully saturated rings. The summed E-state index contributed by atoms with van der Waals surface area (Å²) in [6.45, 7) is 26.5. The maximum absolute atomic E-state index is 8.85. The first-order valence-corrected chi connectivity index (χ1v) is 27.2. The van der Waals surface area contributed by atoms with Crippen molar-refractivity contribution in [1.82, 2.24) is 0 Å². The zero-order chi connectivity index (χ0) is 52.8. The van der Waals surface area contributed by atoms with Crippen LogP contribution in [-0.4, -0.2) is 13.4 Å². The highest BCUT2D eigenvalue weighted by atomic mass is 32.1. The predicted molar refractivity (Wildman–Crippen MR) is 313 cm³/mol. The van der Waals surface area contributed by atoms with Gasteiger partial charge >= 0.3 is 0 Å². The van der Waals surface area contributed by atoms with Gasteiger partial charge < -0.3 is 19.3 Å². The van der Waals surface area contributed by atoms with Gasteiger partial charge in [0.2, 0.25) is 0 Å². The molecule has 72 heavy (non-hydrogen) atoms. The van der Waals surface area contributed by atoms with E-state index in [0.29, 0.717) is 11.5 Å². The number of ether oxygens (including phenoxy) is 2. The average Bonchev–Trinajstić information content (AvgIpc) is 4.09. The van der Waals surface area contributed by atoms with E-state index in [2.05, 4.69) is 209 Å². The van der Waals surface area contributed by atoms with E-state index in [4.69, 9.17) is 13.6 Å². The fourth-order valence-electron chi connectivity index (χ4n) is 11.8. The lowest BCUT2D eigenvalue weighted by atomic mass is 9.33. The van der Waals surface area contributed by atoms with Gasteiger partial charge in [-0.25, -0.2) is 0 Å². The third-order valence-corrected chi connectivity index (χ3v) is 18.2. The summed E-state index contributed by atoms with van der Waals surface area (Å²) in [6.07, 6.45) is 0. The fourth-order valence-corrected chi connectivity index (χ4v) is 14.4. The highest BCUT2D eigenvalue weighted by Crippen LogP contribution is 2.51. The van der Waals surface area contributed by atoms with Crippen LogP contribution < -0.4 is 50.7 Å². The van der Waals surface area contributed by atoms with Crippen molar-refractivity contribution in [3.8, 4) is 23.0 Å². The molecule has 0 spiro atoms. The summed E-state index contributed by atoms with van der Waals surface area (Å²) in [7, 11) is 0. The monoisotopic (exact) mass is 979 g/mol. The summed E-state index contributed by atoms with van der Waals surface area (Å²) in [5, 5.41) is 2.40. The summed E-state index contributed by atoms with van der Waals surface area (Å²) < 4.78 is 46.2. The van der Waals surface area contributed by atoms with Crippen LogP contribution in [0.4, 0.5) is 34.1 Å². The summed E-state index contributed by atoms with van der Waals surface area (Å²) >= 11 is 3.71. The SMILES string of the molecule is [2H]C([2H])([2H])c1cc2c3c(c1)N(c1ccc(C(C)(C)C)cc1)c1c(sc4ccc(C(C)(C)C)cc14)B3c1c(ccc3c1Oc1cc(C)cc4c1B3c1sc3ccc(C(C)(C)C)cc3c1N4c1ccc(C(C)(C)C)cc1)O2. The third-order valence-electron chi connectivity index (χ3n) is 15.7. The van der Waals surface area contributed by atoms with Crippen LogP contribution in [0.25, 0.3) is 20.2 Å². The smallest absolute Gasteiger partial charge is 0.273 e. The molecule has 0 atom stereocenters. The van der Waals surface area contributed by atoms with E-state index in [1.807, 2.05) is 28.7 Å². The molecule has 0 saturated heterocycles. The fraction of sp³-hybridized carbons (Fsp3) is 0.281. The van der Waals surface area contributed by atoms with E-state index in [1.165, 1.54) is 52.3 Å². The zero-order valence-corrected chi connectivity index (χ0v) is 45.4. The molecule has 4 aliphatic rings. The number of hydrogen-bond acceptors (Lipinski definition) is 6. The topological polar surface area (TPSA) is 24.9 Å². The Morgan fingerprint density at radius 1 is 0.444 bits per heavy atom. The second-order valence-electron chi connectivity index (χ2n) is 24.9. The summed E-state index contributed by atoms with van der Waals surface area (Å²) in [6, 6.07) is 44.7. The molecule has 0 aliphatic carbocycles. The second kappa shape index (κ2) is 15.2. The number of hydrogen-bond donors (Lipinski definition) is 0. The van der Waals surface area contributed by atoms with Gasteiger partial charge in [-0.2, -0.15) is 0 Å². The average molecular weight is 980 g/mol. The Morgan fingerprint density at radius 2 is 0.889 bits per heavy atom. The van der Waals surface area contributed by atoms with Crippen molar-refractivity contribution in [2.24, 2.45) is 0 Å². The minimum atomic E-state index is -2.39. The number of thiophene rings is 2. The summed E-state index contributed by atoms with van der Waals surface area (Å²) in [5.74, 6) is 2.90. The maximum atomic E-state index is 8.85. The van der Waals surface area contributed by atoms with Gasteiger partial charge in [0.1, 0.15) is 23.0 Å². The summed E-state index contributed by atoms with van der Waals surface area (Å²) in [4.78, 5) is 4.83. The number of anilines is 6. The first kappa shape index (κ1) is 42.3. The quantitative estimate of drug-likeness (QED) is 0.161. The van der Waals surface area contributed by atoms with Gasteiger partial charge in [0.05, 0.1) is 11.4 Å². The largest absolute Gasteiger partial charge is 0.459 e. The number of rotatable bonds is 2. The van der Waals surface area contributed by atoms with Crippen molar-refractivity contribution in [3.05, 3.63) is 155 Å². The van der Waals surface area contributed by atoms with Crippen molar-refractivity contribution in [2.75, 3.05) is 9.80 Å². The van der Waals surface area contributed by atoms with Gasteiger partial charge in [0.25, 0.3) is 13.4 Å². The molecule has 7 aromatic carbocycles. The number of aryl methyl sites for hydroxylation is 2. The Labute approximate surface area is 439 Å². The van der Waals surface area contributed by atoms with Crippen LogP contribution in [0, 0.1) is 13.8 Å². The Morgan fingerprint density at radius 3 is 1.39 bits per heavy atom. The van der Waals surface area contributed by atoms with E-state index in [1.54, 1.807) is 6.07 Å². The zero-order valence-electron chi connectivity index (χ0n) is 46.7. The molecule has 0 bridgehead atoms. The molecule has 13 rings (SSSR count). The van der Waals surface area contributed by atoms with Crippen molar-refractivity contribution in [1.29, 1.82) is 0 Å². The molecule has 4 aliphatic heterocycles. The molecule has 0 unspecified atom stereocenters. The van der Waals surface area contributed by atoms with Gasteiger partial charge in [-0.3, -0.25) is 0 Å². The van der Waals surface area contributed by atoms with Gasteiger partial charge in [-0.05, 0) is 164 Å². The normalized spacial score (nSPS) is 15.4. The molecule has 9 aromatic rings. The van der Waals surface area contributed by atoms with Crippen molar-refractivity contribution < 1.29 is 13.6 Å². The minimum absolute atomic E-state index is 0.00952. The molecular weight excluding hydrogens is 914 g/mol. The highest BCUT2D eigenvalue weighted by molar-refractivity contribution is 7.34. The molecule has 0 N–H and O–H groups in total. The number of nitrogens with zero attached hydrogens (tertiary/aromatic N) is 2. The standard InChI is InChI=1S/C64H62B2N2O2S2/c1-35-30-47-54-49(31-35)69-48-26-25-45-58(55(48)66(54)60-57(44-34-40(64(12,13)14)20-28-52(44)72-60)68(47)42-23-17-38(18-24-42)62(6,7)8)70-50-32-36(2)29-46-53(50)65(45)59-56(43-33-39(63(9,10)11)19-27-51(43)71-59)67(46)41-21-15-37(16-22-41)61(3,4)5/h15-34H,1-14H3/i1D3. The number of fused-ring (bicyclic) bond motifs is 13. The van der Waals surface area contributed by atoms with Gasteiger partial charge in [-0.15, -0.1) is 22.7 Å². The second-order valence-corrected chi connectivity index (χ2v) is 27.1. The van der Waals surface area contributed by atoms with Crippen molar-refractivity contribution >= 4 is 122 Å². The lowest BCUT2D eigenvalue weighted by Gasteiger charge is -2.42. The molecule has 0 amide bonds. The first-order valence-electron chi connectivity index (χ1n) is 27.0. The van der Waals surface area contributed by atoms with Crippen LogP contribution in [0.1, 0.15) is 121 Å². The van der Waals surface area contributed by atoms with E-state index >= 15 is 0 Å². The van der Waals surface area contributed by atoms with E-state index in [-0.39, 0.29) is 40.6 Å². The van der Waals surface area contributed by atoms with Crippen LogP contribution in [0.2, 0.25) is 0 Å². The molecule has 358 valence electrons. The molecule has 4 nitrogen and oxygen atoms in total. The van der Waals surface area contributed by atoms with E-state index in [0.717, 1.165) is 72.7 Å². The van der Waals surface area contributed by atoms with E-state index < -0.39 is 6.85 Å². The lowest BCUT2D eigenvalue weighted by Crippen LogP contribution is -2.63. The van der Waals surface area contributed by atoms with Crippen molar-refractivity contribution in [2.45, 2.75) is 119 Å². The number of benzene rings is 7. The van der Waals surface area contributed by atoms with Gasteiger partial charge in [-0.1, -0.05) is 126 Å². The molecule has 2 aromatic heterocycles. The minimum Gasteiger partial charge on any atom is -0.459 e. The Bertz CT molecular complexity index is 3900. The third kappa shape index (κ3) is 6.77. The van der Waals surface area contributed by atoms with Crippen LogP contribution in [0.15, 0.2) is 121 Å². The molecule has 8 heteroatoms. The highest BCUT2D eigenvalue weighted by Gasteiger charge is 2.50. The predicted octanol–water partition coefficient (Wildman–Crippen LogP) is 14.7. The van der Waals surface area contributed by atoms with E-state index in [9.17, 15) is 0 Å². The van der Waals surface area contributed by atoms with Gasteiger partial charge in [0, 0.05) is 62.0 Å². The molecule has 0 radical (unpaired) electrons. The van der Waals surface area contributed by atoms with Crippen LogP contribution >= 0.6 is 22.7 Å². The first-order chi connectivity index (χ1) is 35.2. The van der Waals surface area contributed by atoms with Gasteiger partial charge in [0.15, 0.2) is 0 Å². The van der Waals surface area contributed by atoms with Crippen LogP contribution in [0.3, 0.4) is 0 Å². The maximum Gasteiger partial charge on any atom is 0.273 e. The Kier molecular flexibility index (Phi) is 8.92. The molecule has 0 saturated carbocycles. The van der Waals surface area contributed by atoms with Crippen LogP contribution in [-0.2, 0) is 21.7 Å². The van der Waals surface area contributed by atoms with Crippen LogP contribution in [0.5, 0.6) is 23.0 Å². The molecule has 6 heterocycles. The lowest BCUT2D eigenvalue weighted by molar-refractivity contribution is 0.468. The molecular formula is C64H62B2N2O2S2. The Hall–Kier alpha value is -6.21. The van der Waals surface area contributed by atoms with Crippen molar-refractivity contribution in [3.63, 3.8) is 0 Å². The summed E-state index contributed by atoms with van der Waals surface area (Å²) in [5.41, 5.74) is 16.7.